The number of ether oxygens (including phenoxy) is 3. The summed E-state index contributed by atoms with van der Waals surface area (Å²) in [5.74, 6) is 3.00. The first-order valence-electron chi connectivity index (χ1n) is 8.70. The Bertz CT molecular complexity index is 776. The molecule has 0 fully saturated rings. The Kier molecular flexibility index (Phi) is 4.20. The number of rotatable bonds is 5. The molecule has 1 aromatic heterocycles. The number of nitrogens with zero attached hydrogens (tertiary/aromatic N) is 5. The lowest BCUT2D eigenvalue weighted by Crippen LogP contribution is -2.35. The zero-order chi connectivity index (χ0) is 17.4. The fraction of sp³-hybridized carbons (Fsp3) is 0.588. The number of likely N-dealkylation sites (N-methyl/N-ethyl adjacent to an activating group) is 1. The number of tetrazole rings is 1. The predicted molar refractivity (Wildman–Crippen MR) is 90.0 cm³/mol. The maximum absolute atomic E-state index is 5.74. The normalized spacial score (nSPS) is 19.1. The van der Waals surface area contributed by atoms with Crippen LogP contribution >= 0.6 is 0 Å². The second-order valence-electron chi connectivity index (χ2n) is 6.46. The first kappa shape index (κ1) is 16.1. The van der Waals surface area contributed by atoms with E-state index in [1.165, 1.54) is 5.56 Å². The van der Waals surface area contributed by atoms with Crippen LogP contribution in [0.3, 0.4) is 0 Å². The van der Waals surface area contributed by atoms with E-state index >= 15 is 0 Å². The van der Waals surface area contributed by atoms with Crippen molar-refractivity contribution >= 4 is 0 Å². The Morgan fingerprint density at radius 1 is 1.36 bits per heavy atom. The van der Waals surface area contributed by atoms with Crippen LogP contribution in [-0.2, 0) is 13.0 Å². The van der Waals surface area contributed by atoms with Gasteiger partial charge in [0.15, 0.2) is 17.3 Å². The third kappa shape index (κ3) is 2.60. The molecule has 8 heteroatoms. The molecule has 0 spiro atoms. The van der Waals surface area contributed by atoms with Crippen molar-refractivity contribution < 1.29 is 14.2 Å². The molecule has 2 aliphatic heterocycles. The molecule has 0 saturated carbocycles. The van der Waals surface area contributed by atoms with Crippen molar-refractivity contribution in [2.45, 2.75) is 38.8 Å². The lowest BCUT2D eigenvalue weighted by Gasteiger charge is -2.34. The number of hydrogen-bond acceptors (Lipinski definition) is 7. The number of hydrogen-bond donors (Lipinski definition) is 0. The fourth-order valence-corrected chi connectivity index (χ4v) is 3.63. The summed E-state index contributed by atoms with van der Waals surface area (Å²) in [6, 6.07) is 2.00. The molecule has 0 saturated heterocycles. The number of methoxy groups -OCH3 is 1. The number of aromatic nitrogens is 4. The smallest absolute Gasteiger partial charge is 0.231 e. The van der Waals surface area contributed by atoms with Gasteiger partial charge < -0.3 is 14.2 Å². The molecule has 2 aromatic rings. The maximum Gasteiger partial charge on any atom is 0.231 e. The first-order chi connectivity index (χ1) is 12.2. The van der Waals surface area contributed by atoms with Gasteiger partial charge in [0, 0.05) is 18.7 Å². The van der Waals surface area contributed by atoms with Gasteiger partial charge in [0.05, 0.1) is 7.11 Å². The number of unbranched alkanes of at least 4 members (excludes halogenated alkanes) is 1. The van der Waals surface area contributed by atoms with Crippen LogP contribution in [0.4, 0.5) is 0 Å². The molecular formula is C17H23N5O3. The molecule has 1 aromatic carbocycles. The van der Waals surface area contributed by atoms with E-state index in [1.807, 2.05) is 4.68 Å². The largest absolute Gasteiger partial charge is 0.492 e. The highest BCUT2D eigenvalue weighted by atomic mass is 16.7. The van der Waals surface area contributed by atoms with Gasteiger partial charge in [0.2, 0.25) is 12.5 Å². The van der Waals surface area contributed by atoms with Gasteiger partial charge >= 0.3 is 0 Å². The summed E-state index contributed by atoms with van der Waals surface area (Å²) < 4.78 is 18.9. The summed E-state index contributed by atoms with van der Waals surface area (Å²) in [6.45, 7) is 4.12. The van der Waals surface area contributed by atoms with E-state index in [4.69, 9.17) is 14.2 Å². The van der Waals surface area contributed by atoms with E-state index in [1.54, 1.807) is 7.11 Å². The lowest BCUT2D eigenvalue weighted by molar-refractivity contribution is 0.170. The summed E-state index contributed by atoms with van der Waals surface area (Å²) >= 11 is 0. The van der Waals surface area contributed by atoms with E-state index in [0.29, 0.717) is 5.75 Å². The Hall–Kier alpha value is -2.35. The summed E-state index contributed by atoms with van der Waals surface area (Å²) in [5.41, 5.74) is 2.28. The minimum absolute atomic E-state index is 0.0694. The van der Waals surface area contributed by atoms with E-state index in [0.717, 1.165) is 55.2 Å². The van der Waals surface area contributed by atoms with Crippen LogP contribution in [0.15, 0.2) is 6.07 Å². The minimum Gasteiger partial charge on any atom is -0.492 e. The third-order valence-electron chi connectivity index (χ3n) is 4.92. The lowest BCUT2D eigenvalue weighted by atomic mass is 9.90. The summed E-state index contributed by atoms with van der Waals surface area (Å²) in [4.78, 5) is 2.27. The van der Waals surface area contributed by atoms with Crippen LogP contribution in [0.25, 0.3) is 0 Å². The van der Waals surface area contributed by atoms with Crippen LogP contribution in [0.5, 0.6) is 17.2 Å². The highest BCUT2D eigenvalue weighted by molar-refractivity contribution is 5.62. The van der Waals surface area contributed by atoms with Gasteiger partial charge in [-0.3, -0.25) is 4.90 Å². The summed E-state index contributed by atoms with van der Waals surface area (Å²) in [7, 11) is 3.76. The van der Waals surface area contributed by atoms with E-state index in [9.17, 15) is 0 Å². The molecule has 25 heavy (non-hydrogen) atoms. The van der Waals surface area contributed by atoms with E-state index in [2.05, 4.69) is 40.5 Å². The van der Waals surface area contributed by atoms with Gasteiger partial charge in [-0.1, -0.05) is 13.3 Å². The zero-order valence-electron chi connectivity index (χ0n) is 14.9. The Labute approximate surface area is 146 Å². The van der Waals surface area contributed by atoms with E-state index < -0.39 is 0 Å². The van der Waals surface area contributed by atoms with Crippen molar-refractivity contribution in [3.8, 4) is 17.2 Å². The monoisotopic (exact) mass is 345 g/mol. The predicted octanol–water partition coefficient (Wildman–Crippen LogP) is 1.79. The quantitative estimate of drug-likeness (QED) is 0.818. The van der Waals surface area contributed by atoms with Crippen molar-refractivity contribution in [3.05, 3.63) is 23.0 Å². The molecule has 2 aliphatic rings. The average Bonchev–Trinajstić information content (AvgIpc) is 3.27. The number of fused-ring (bicyclic) bond motifs is 2. The van der Waals surface area contributed by atoms with Gasteiger partial charge in [-0.15, -0.1) is 5.10 Å². The molecule has 0 aliphatic carbocycles. The SMILES string of the molecule is CCCCn1nnnc1C1c2c(cc3c(c2OC)OCO3)CCN1C. The molecule has 0 N–H and O–H groups in total. The van der Waals surface area contributed by atoms with Crippen molar-refractivity contribution in [3.63, 3.8) is 0 Å². The number of aryl methyl sites for hydroxylation is 1. The highest BCUT2D eigenvalue weighted by Gasteiger charge is 2.37. The van der Waals surface area contributed by atoms with Crippen molar-refractivity contribution in [2.75, 3.05) is 27.5 Å². The Morgan fingerprint density at radius 2 is 2.24 bits per heavy atom. The standard InChI is InChI=1S/C17H23N5O3/c1-4-5-7-22-17(18-19-20-22)14-13-11(6-8-21(14)2)9-12-15(16(13)23-3)25-10-24-12/h9,14H,4-8,10H2,1-3H3. The summed E-state index contributed by atoms with van der Waals surface area (Å²) in [5, 5.41) is 12.5. The Balaban J connectivity index is 1.85. The molecule has 4 rings (SSSR count). The van der Waals surface area contributed by atoms with Gasteiger partial charge in [-0.2, -0.15) is 0 Å². The van der Waals surface area contributed by atoms with Crippen LogP contribution in [0, 0.1) is 0 Å². The topological polar surface area (TPSA) is 74.5 Å². The van der Waals surface area contributed by atoms with Gasteiger partial charge in [-0.25, -0.2) is 4.68 Å². The summed E-state index contributed by atoms with van der Waals surface area (Å²) in [6.07, 6.45) is 3.06. The molecule has 1 unspecified atom stereocenters. The second-order valence-corrected chi connectivity index (χ2v) is 6.46. The second kappa shape index (κ2) is 6.51. The molecule has 8 nitrogen and oxygen atoms in total. The molecular weight excluding hydrogens is 322 g/mol. The van der Waals surface area contributed by atoms with Crippen LogP contribution in [-0.4, -0.2) is 52.6 Å². The molecule has 0 bridgehead atoms. The molecule has 134 valence electrons. The van der Waals surface area contributed by atoms with Crippen LogP contribution < -0.4 is 14.2 Å². The highest BCUT2D eigenvalue weighted by Crippen LogP contribution is 2.50. The third-order valence-corrected chi connectivity index (χ3v) is 4.92. The zero-order valence-corrected chi connectivity index (χ0v) is 14.9. The van der Waals surface area contributed by atoms with Crippen molar-refractivity contribution in [1.82, 2.24) is 25.1 Å². The molecule has 0 radical (unpaired) electrons. The van der Waals surface area contributed by atoms with E-state index in [-0.39, 0.29) is 12.8 Å². The van der Waals surface area contributed by atoms with Gasteiger partial charge in [-0.05, 0) is 41.9 Å². The molecule has 0 amide bonds. The first-order valence-corrected chi connectivity index (χ1v) is 8.70. The fourth-order valence-electron chi connectivity index (χ4n) is 3.63. The van der Waals surface area contributed by atoms with Gasteiger partial charge in [0.25, 0.3) is 0 Å². The molecule has 1 atom stereocenters. The molecule has 3 heterocycles. The minimum atomic E-state index is -0.0694. The van der Waals surface area contributed by atoms with Crippen molar-refractivity contribution in [2.24, 2.45) is 0 Å². The Morgan fingerprint density at radius 3 is 3.04 bits per heavy atom. The van der Waals surface area contributed by atoms with Crippen molar-refractivity contribution in [1.29, 1.82) is 0 Å². The maximum atomic E-state index is 5.74. The van der Waals surface area contributed by atoms with Gasteiger partial charge in [0.1, 0.15) is 6.04 Å². The number of benzene rings is 1. The van der Waals surface area contributed by atoms with Crippen LogP contribution in [0.2, 0.25) is 0 Å². The van der Waals surface area contributed by atoms with Crippen LogP contribution in [0.1, 0.15) is 42.8 Å². The average molecular weight is 345 g/mol.